The smallest absolute Gasteiger partial charge is 0.230 e. The van der Waals surface area contributed by atoms with Gasteiger partial charge in [0.15, 0.2) is 0 Å². The van der Waals surface area contributed by atoms with E-state index in [2.05, 4.69) is 9.97 Å². The fourth-order valence-corrected chi connectivity index (χ4v) is 3.00. The second-order valence-corrected chi connectivity index (χ2v) is 5.50. The summed E-state index contributed by atoms with van der Waals surface area (Å²) in [6.45, 7) is 0.00926. The summed E-state index contributed by atoms with van der Waals surface area (Å²) < 4.78 is 30.5. The average molecular weight is 338 g/mol. The predicted molar refractivity (Wildman–Crippen MR) is 89.5 cm³/mol. The van der Waals surface area contributed by atoms with Crippen LogP contribution in [0.25, 0.3) is 5.57 Å². The van der Waals surface area contributed by atoms with Crippen LogP contribution in [0.1, 0.15) is 17.5 Å². The molecule has 0 unspecified atom stereocenters. The Balaban J connectivity index is 2.04. The summed E-state index contributed by atoms with van der Waals surface area (Å²) >= 11 is 0. The minimum atomic E-state index is -0.330. The zero-order valence-electron chi connectivity index (χ0n) is 13.5. The van der Waals surface area contributed by atoms with Crippen LogP contribution in [0.3, 0.4) is 0 Å². The molecule has 5 nitrogen and oxygen atoms in total. The van der Waals surface area contributed by atoms with Crippen molar-refractivity contribution >= 4 is 5.57 Å². The number of benzene rings is 1. The van der Waals surface area contributed by atoms with E-state index in [1.54, 1.807) is 13.3 Å². The monoisotopic (exact) mass is 338 g/mol. The van der Waals surface area contributed by atoms with Crippen LogP contribution in [0.4, 0.5) is 4.39 Å². The van der Waals surface area contributed by atoms with Gasteiger partial charge in [-0.25, -0.2) is 14.4 Å². The quantitative estimate of drug-likeness (QED) is 0.834. The Hall–Kier alpha value is -3.15. The van der Waals surface area contributed by atoms with Crippen LogP contribution >= 0.6 is 0 Å². The van der Waals surface area contributed by atoms with Crippen LogP contribution in [0.2, 0.25) is 0 Å². The molecule has 0 saturated heterocycles. The summed E-state index contributed by atoms with van der Waals surface area (Å²) in [5.74, 6) is 1.21. The molecule has 0 fully saturated rings. The van der Waals surface area contributed by atoms with Crippen LogP contribution in [-0.2, 0) is 4.74 Å². The predicted octanol–water partition coefficient (Wildman–Crippen LogP) is 3.79. The molecule has 2 heterocycles. The van der Waals surface area contributed by atoms with Crippen LogP contribution in [0.5, 0.6) is 11.6 Å². The summed E-state index contributed by atoms with van der Waals surface area (Å²) in [6.07, 6.45) is 6.38. The number of fused-ring (bicyclic) bond motifs is 2. The highest BCUT2D eigenvalue weighted by Crippen LogP contribution is 2.42. The molecule has 4 rings (SSSR count). The molecule has 6 heteroatoms. The highest BCUT2D eigenvalue weighted by Gasteiger charge is 2.26. The molecule has 0 atom stereocenters. The summed E-state index contributed by atoms with van der Waals surface area (Å²) in [5.41, 5.74) is 3.20. The van der Waals surface area contributed by atoms with Crippen LogP contribution in [0, 0.1) is 0 Å². The molecule has 1 aromatic heterocycles. The second-order valence-electron chi connectivity index (χ2n) is 5.50. The van der Waals surface area contributed by atoms with E-state index in [-0.39, 0.29) is 12.6 Å². The van der Waals surface area contributed by atoms with Crippen molar-refractivity contribution in [3.8, 4) is 11.6 Å². The van der Waals surface area contributed by atoms with E-state index in [4.69, 9.17) is 14.2 Å². The third kappa shape index (κ3) is 2.76. The largest absolute Gasteiger partial charge is 0.480 e. The van der Waals surface area contributed by atoms with Crippen molar-refractivity contribution in [2.75, 3.05) is 13.9 Å². The minimum Gasteiger partial charge on any atom is -0.480 e. The summed E-state index contributed by atoms with van der Waals surface area (Å²) in [6, 6.07) is 7.62. The summed E-state index contributed by atoms with van der Waals surface area (Å²) in [5, 5.41) is 0. The van der Waals surface area contributed by atoms with E-state index >= 15 is 0 Å². The average Bonchev–Trinajstić information content (AvgIpc) is 2.63. The zero-order chi connectivity index (χ0) is 17.2. The first-order valence-corrected chi connectivity index (χ1v) is 7.78. The van der Waals surface area contributed by atoms with E-state index in [0.717, 1.165) is 16.7 Å². The van der Waals surface area contributed by atoms with Gasteiger partial charge in [-0.1, -0.05) is 18.2 Å². The van der Waals surface area contributed by atoms with Gasteiger partial charge in [-0.15, -0.1) is 0 Å². The van der Waals surface area contributed by atoms with Crippen LogP contribution < -0.4 is 9.47 Å². The lowest BCUT2D eigenvalue weighted by atomic mass is 9.89. The highest BCUT2D eigenvalue weighted by atomic mass is 19.1. The van der Waals surface area contributed by atoms with Crippen LogP contribution in [0.15, 0.2) is 66.1 Å². The number of methoxy groups -OCH3 is 1. The lowest BCUT2D eigenvalue weighted by molar-refractivity contribution is 0.0627. The number of hydrogen-bond donors (Lipinski definition) is 0. The number of ether oxygens (including phenoxy) is 3. The van der Waals surface area contributed by atoms with Gasteiger partial charge in [0.05, 0.1) is 12.7 Å². The van der Waals surface area contributed by atoms with Gasteiger partial charge < -0.3 is 14.2 Å². The molecule has 0 spiro atoms. The molecule has 0 radical (unpaired) electrons. The van der Waals surface area contributed by atoms with Gasteiger partial charge in [0.1, 0.15) is 23.7 Å². The molecular formula is C19H15FN2O3. The van der Waals surface area contributed by atoms with Gasteiger partial charge in [0.2, 0.25) is 12.7 Å². The standard InChI is InChI=1S/C19H15FN2O3/c1-23-19-15(9-21-10-22-19)18-13-4-2-3-5-16(13)24-11-25-17-8-12(20)6-7-14(17)18/h2-6,8-10H,7,11H2,1H3/b18-14+. The fourth-order valence-electron chi connectivity index (χ4n) is 3.00. The van der Waals surface area contributed by atoms with E-state index < -0.39 is 0 Å². The van der Waals surface area contributed by atoms with Crippen molar-refractivity contribution in [1.82, 2.24) is 9.97 Å². The molecule has 0 amide bonds. The van der Waals surface area contributed by atoms with E-state index in [1.807, 2.05) is 24.3 Å². The molecule has 0 bridgehead atoms. The van der Waals surface area contributed by atoms with Crippen molar-refractivity contribution < 1.29 is 18.6 Å². The maximum absolute atomic E-state index is 13.8. The summed E-state index contributed by atoms with van der Waals surface area (Å²) in [4.78, 5) is 8.33. The van der Waals surface area contributed by atoms with Crippen molar-refractivity contribution in [3.05, 3.63) is 77.2 Å². The maximum Gasteiger partial charge on any atom is 0.230 e. The van der Waals surface area contributed by atoms with Crippen molar-refractivity contribution in [3.63, 3.8) is 0 Å². The zero-order valence-corrected chi connectivity index (χ0v) is 13.5. The van der Waals surface area contributed by atoms with Crippen molar-refractivity contribution in [1.29, 1.82) is 0 Å². The molecule has 0 saturated carbocycles. The van der Waals surface area contributed by atoms with Crippen LogP contribution in [-0.4, -0.2) is 23.9 Å². The van der Waals surface area contributed by atoms with E-state index in [0.29, 0.717) is 29.4 Å². The lowest BCUT2D eigenvalue weighted by Gasteiger charge is -2.25. The van der Waals surface area contributed by atoms with Gasteiger partial charge in [0, 0.05) is 29.0 Å². The Morgan fingerprint density at radius 1 is 1.16 bits per heavy atom. The van der Waals surface area contributed by atoms with Gasteiger partial charge in [-0.05, 0) is 18.6 Å². The van der Waals surface area contributed by atoms with E-state index in [1.165, 1.54) is 18.5 Å². The van der Waals surface area contributed by atoms with Crippen molar-refractivity contribution in [2.24, 2.45) is 0 Å². The first kappa shape index (κ1) is 15.4. The number of nitrogens with zero attached hydrogens (tertiary/aromatic N) is 2. The number of aromatic nitrogens is 2. The Kier molecular flexibility index (Phi) is 3.93. The van der Waals surface area contributed by atoms with Gasteiger partial charge in [0.25, 0.3) is 0 Å². The second kappa shape index (κ2) is 6.39. The Labute approximate surface area is 144 Å². The molecule has 1 aliphatic heterocycles. The lowest BCUT2D eigenvalue weighted by Crippen LogP contribution is -2.13. The molecule has 1 aromatic carbocycles. The molecular weight excluding hydrogens is 323 g/mol. The first-order valence-electron chi connectivity index (χ1n) is 7.78. The first-order chi connectivity index (χ1) is 12.3. The molecule has 25 heavy (non-hydrogen) atoms. The number of para-hydroxylation sites is 1. The fraction of sp³-hybridized carbons (Fsp3) is 0.158. The Bertz CT molecular complexity index is 918. The van der Waals surface area contributed by atoms with Gasteiger partial charge in [-0.2, -0.15) is 0 Å². The van der Waals surface area contributed by atoms with Gasteiger partial charge >= 0.3 is 0 Å². The Morgan fingerprint density at radius 2 is 2.04 bits per heavy atom. The third-order valence-electron chi connectivity index (χ3n) is 4.09. The molecule has 1 aliphatic carbocycles. The van der Waals surface area contributed by atoms with Gasteiger partial charge in [-0.3, -0.25) is 0 Å². The minimum absolute atomic E-state index is 0.00926. The number of rotatable bonds is 2. The molecule has 2 aromatic rings. The number of hydrogen-bond acceptors (Lipinski definition) is 5. The van der Waals surface area contributed by atoms with E-state index in [9.17, 15) is 4.39 Å². The maximum atomic E-state index is 13.8. The summed E-state index contributed by atoms with van der Waals surface area (Å²) in [7, 11) is 1.55. The molecule has 126 valence electrons. The van der Waals surface area contributed by atoms with Crippen molar-refractivity contribution in [2.45, 2.75) is 6.42 Å². The topological polar surface area (TPSA) is 53.5 Å². The normalized spacial score (nSPS) is 19.1. The number of halogens is 1. The Morgan fingerprint density at radius 3 is 2.92 bits per heavy atom. The highest BCUT2D eigenvalue weighted by molar-refractivity contribution is 5.88. The molecule has 0 N–H and O–H groups in total. The third-order valence-corrected chi connectivity index (χ3v) is 4.09. The number of allylic oxidation sites excluding steroid dienone is 4. The molecule has 2 aliphatic rings. The SMILES string of the molecule is COc1ncncc1/C1=C2\CC=C(F)C=C2OCOc2ccccc21.